The highest BCUT2D eigenvalue weighted by molar-refractivity contribution is 5.89. The minimum absolute atomic E-state index is 0.152. The molecule has 5 nitrogen and oxygen atoms in total. The maximum atomic E-state index is 11.2. The molecule has 1 rings (SSSR count). The van der Waals surface area contributed by atoms with Crippen molar-refractivity contribution in [3.8, 4) is 0 Å². The Morgan fingerprint density at radius 1 is 1.21 bits per heavy atom. The van der Waals surface area contributed by atoms with Crippen LogP contribution in [0, 0.1) is 0 Å². The molecule has 1 aromatic carbocycles. The van der Waals surface area contributed by atoms with Gasteiger partial charge in [0.2, 0.25) is 0 Å². The van der Waals surface area contributed by atoms with E-state index in [0.29, 0.717) is 16.7 Å². The van der Waals surface area contributed by atoms with Gasteiger partial charge in [-0.15, -0.1) is 0 Å². The Bertz CT molecular complexity index is 491. The summed E-state index contributed by atoms with van der Waals surface area (Å²) in [5.41, 5.74) is 1.93. The molecule has 0 radical (unpaired) electrons. The average Bonchev–Trinajstić information content (AvgIpc) is 2.42. The van der Waals surface area contributed by atoms with Crippen LogP contribution in [0.5, 0.6) is 0 Å². The van der Waals surface area contributed by atoms with Crippen molar-refractivity contribution in [3.63, 3.8) is 0 Å². The van der Waals surface area contributed by atoms with Gasteiger partial charge in [0, 0.05) is 6.08 Å². The average molecular weight is 264 g/mol. The Kier molecular flexibility index (Phi) is 5.92. The van der Waals surface area contributed by atoms with E-state index >= 15 is 0 Å². The van der Waals surface area contributed by atoms with E-state index in [0.717, 1.165) is 0 Å². The maximum absolute atomic E-state index is 11.2. The molecule has 0 aromatic heterocycles. The van der Waals surface area contributed by atoms with Gasteiger partial charge in [0.25, 0.3) is 0 Å². The van der Waals surface area contributed by atoms with Crippen LogP contribution in [-0.4, -0.2) is 28.6 Å². The first-order valence-electron chi connectivity index (χ1n) is 5.74. The summed E-state index contributed by atoms with van der Waals surface area (Å²) in [6.07, 6.45) is 2.72. The third-order valence-electron chi connectivity index (χ3n) is 2.40. The van der Waals surface area contributed by atoms with Gasteiger partial charge >= 0.3 is 5.97 Å². The molecule has 0 fully saturated rings. The second-order valence-corrected chi connectivity index (χ2v) is 3.99. The molecule has 0 spiro atoms. The zero-order chi connectivity index (χ0) is 14.3. The van der Waals surface area contributed by atoms with Crippen LogP contribution >= 0.6 is 0 Å². The molecule has 0 amide bonds. The van der Waals surface area contributed by atoms with Gasteiger partial charge in [0.15, 0.2) is 5.78 Å². The van der Waals surface area contributed by atoms with Crippen molar-refractivity contribution in [1.29, 1.82) is 0 Å². The minimum atomic E-state index is -0.605. The van der Waals surface area contributed by atoms with Crippen LogP contribution < -0.4 is 0 Å². The first kappa shape index (κ1) is 15.1. The number of aliphatic hydroxyl groups is 2. The third kappa shape index (κ3) is 5.03. The summed E-state index contributed by atoms with van der Waals surface area (Å²) in [6, 6.07) is 5.05. The predicted octanol–water partition coefficient (Wildman–Crippen LogP) is 0.817. The molecule has 0 heterocycles. The maximum Gasteiger partial charge on any atom is 0.331 e. The van der Waals surface area contributed by atoms with Crippen molar-refractivity contribution in [2.75, 3.05) is 6.61 Å². The van der Waals surface area contributed by atoms with Crippen molar-refractivity contribution < 1.29 is 24.5 Å². The van der Waals surface area contributed by atoms with Gasteiger partial charge in [-0.1, -0.05) is 12.1 Å². The molecule has 5 heteroatoms. The van der Waals surface area contributed by atoms with Crippen LogP contribution in [0.25, 0.3) is 6.08 Å². The third-order valence-corrected chi connectivity index (χ3v) is 2.40. The van der Waals surface area contributed by atoms with Crippen LogP contribution in [-0.2, 0) is 27.5 Å². The van der Waals surface area contributed by atoms with Crippen LogP contribution in [0.4, 0.5) is 0 Å². The number of hydrogen-bond acceptors (Lipinski definition) is 5. The van der Waals surface area contributed by atoms with Crippen molar-refractivity contribution in [2.24, 2.45) is 0 Å². The van der Waals surface area contributed by atoms with Gasteiger partial charge in [-0.05, 0) is 35.8 Å². The summed E-state index contributed by atoms with van der Waals surface area (Å²) in [7, 11) is 0. The molecule has 0 unspecified atom stereocenters. The number of carbonyl (C=O) groups excluding carboxylic acids is 2. The Hall–Kier alpha value is -1.98. The van der Waals surface area contributed by atoms with Crippen LogP contribution in [0.1, 0.15) is 23.6 Å². The lowest BCUT2D eigenvalue weighted by Gasteiger charge is -2.05. The number of aliphatic hydroxyl groups excluding tert-OH is 2. The van der Waals surface area contributed by atoms with Gasteiger partial charge in [-0.2, -0.15) is 0 Å². The van der Waals surface area contributed by atoms with Gasteiger partial charge < -0.3 is 14.9 Å². The fourth-order valence-electron chi connectivity index (χ4n) is 1.44. The fourth-order valence-corrected chi connectivity index (χ4v) is 1.44. The zero-order valence-electron chi connectivity index (χ0n) is 10.6. The number of ketones is 1. The molecule has 102 valence electrons. The lowest BCUT2D eigenvalue weighted by Crippen LogP contribution is -2.08. The van der Waals surface area contributed by atoms with E-state index in [9.17, 15) is 9.59 Å². The van der Waals surface area contributed by atoms with Gasteiger partial charge in [-0.3, -0.25) is 4.79 Å². The SMILES string of the molecule is CC(=O)COC(=O)/C=C/c1ccc(CO)c(CO)c1. The summed E-state index contributed by atoms with van der Waals surface area (Å²) in [6.45, 7) is 0.750. The second-order valence-electron chi connectivity index (χ2n) is 3.99. The summed E-state index contributed by atoms with van der Waals surface area (Å²) in [5, 5.41) is 18.2. The Morgan fingerprint density at radius 2 is 1.89 bits per heavy atom. The monoisotopic (exact) mass is 264 g/mol. The van der Waals surface area contributed by atoms with E-state index in [2.05, 4.69) is 4.74 Å². The van der Waals surface area contributed by atoms with E-state index in [1.807, 2.05) is 0 Å². The Labute approximate surface area is 111 Å². The molecule has 0 aliphatic carbocycles. The smallest absolute Gasteiger partial charge is 0.331 e. The standard InChI is InChI=1S/C14H16O5/c1-10(17)9-19-14(18)5-3-11-2-4-12(7-15)13(6-11)8-16/h2-6,15-16H,7-9H2,1H3/b5-3+. The lowest BCUT2D eigenvalue weighted by atomic mass is 10.0. The Morgan fingerprint density at radius 3 is 2.47 bits per heavy atom. The number of Topliss-reactive ketones (excluding diaryl/α,β-unsaturated/α-hetero) is 1. The zero-order valence-corrected chi connectivity index (χ0v) is 10.6. The number of esters is 1. The lowest BCUT2D eigenvalue weighted by molar-refractivity contribution is -0.142. The highest BCUT2D eigenvalue weighted by Gasteiger charge is 2.02. The van der Waals surface area contributed by atoms with Crippen LogP contribution in [0.2, 0.25) is 0 Å². The Balaban J connectivity index is 2.71. The molecule has 19 heavy (non-hydrogen) atoms. The number of hydrogen-bond donors (Lipinski definition) is 2. The number of benzene rings is 1. The number of rotatable bonds is 6. The molecule has 0 bridgehead atoms. The van der Waals surface area contributed by atoms with E-state index in [4.69, 9.17) is 10.2 Å². The highest BCUT2D eigenvalue weighted by atomic mass is 16.5. The van der Waals surface area contributed by atoms with Gasteiger partial charge in [0.1, 0.15) is 6.61 Å². The molecule has 0 saturated heterocycles. The quantitative estimate of drug-likeness (QED) is 0.587. The topological polar surface area (TPSA) is 83.8 Å². The van der Waals surface area contributed by atoms with Crippen LogP contribution in [0.3, 0.4) is 0 Å². The van der Waals surface area contributed by atoms with E-state index in [-0.39, 0.29) is 25.6 Å². The molecule has 1 aromatic rings. The summed E-state index contributed by atoms with van der Waals surface area (Å²) in [5.74, 6) is -0.830. The molecule has 0 aliphatic heterocycles. The van der Waals surface area contributed by atoms with Gasteiger partial charge in [-0.25, -0.2) is 4.79 Å². The first-order valence-corrected chi connectivity index (χ1v) is 5.74. The summed E-state index contributed by atoms with van der Waals surface area (Å²) >= 11 is 0. The fraction of sp³-hybridized carbons (Fsp3) is 0.286. The summed E-state index contributed by atoms with van der Waals surface area (Å²) in [4.78, 5) is 21.9. The van der Waals surface area contributed by atoms with E-state index in [1.54, 1.807) is 18.2 Å². The normalized spacial score (nSPS) is 10.7. The summed E-state index contributed by atoms with van der Waals surface area (Å²) < 4.78 is 4.66. The molecular weight excluding hydrogens is 248 g/mol. The van der Waals surface area contributed by atoms with Crippen LogP contribution in [0.15, 0.2) is 24.3 Å². The van der Waals surface area contributed by atoms with Crippen molar-refractivity contribution in [2.45, 2.75) is 20.1 Å². The number of ether oxygens (including phenoxy) is 1. The largest absolute Gasteiger partial charge is 0.455 e. The number of carbonyl (C=O) groups is 2. The highest BCUT2D eigenvalue weighted by Crippen LogP contribution is 2.13. The molecule has 0 saturated carbocycles. The minimum Gasteiger partial charge on any atom is -0.455 e. The molecule has 0 aliphatic rings. The van der Waals surface area contributed by atoms with Crippen molar-refractivity contribution in [3.05, 3.63) is 41.0 Å². The molecular formula is C14H16O5. The predicted molar refractivity (Wildman–Crippen MR) is 69.0 cm³/mol. The van der Waals surface area contributed by atoms with Gasteiger partial charge in [0.05, 0.1) is 13.2 Å². The van der Waals surface area contributed by atoms with Crippen molar-refractivity contribution >= 4 is 17.8 Å². The first-order chi connectivity index (χ1) is 9.06. The van der Waals surface area contributed by atoms with E-state index < -0.39 is 5.97 Å². The molecule has 2 N–H and O–H groups in total. The van der Waals surface area contributed by atoms with Crippen molar-refractivity contribution in [1.82, 2.24) is 0 Å². The van der Waals surface area contributed by atoms with E-state index in [1.165, 1.54) is 19.1 Å². The molecule has 0 atom stereocenters. The second kappa shape index (κ2) is 7.45.